The van der Waals surface area contributed by atoms with Crippen molar-refractivity contribution in [2.75, 3.05) is 31.6 Å². The van der Waals surface area contributed by atoms with Gasteiger partial charge >= 0.3 is 0 Å². The molecular weight excluding hydrogens is 260 g/mol. The van der Waals surface area contributed by atoms with Crippen LogP contribution in [0.5, 0.6) is 0 Å². The molecule has 3 unspecified atom stereocenters. The summed E-state index contributed by atoms with van der Waals surface area (Å²) in [5.41, 5.74) is 0. The standard InChI is InChI=1S/C14H30N2O2S/c1-5-7-13-11-16(8-9-19(4,17)18)14(10-15-13)12(3)6-2/h12-15H,5-11H2,1-4H3. The largest absolute Gasteiger partial charge is 0.311 e. The molecule has 3 atom stereocenters. The van der Waals surface area contributed by atoms with E-state index in [0.29, 0.717) is 24.5 Å². The van der Waals surface area contributed by atoms with Gasteiger partial charge in [-0.3, -0.25) is 4.90 Å². The normalized spacial score (nSPS) is 27.4. The highest BCUT2D eigenvalue weighted by Crippen LogP contribution is 2.19. The van der Waals surface area contributed by atoms with Gasteiger partial charge in [0, 0.05) is 38.0 Å². The number of nitrogens with one attached hydrogen (secondary N) is 1. The minimum atomic E-state index is -2.87. The van der Waals surface area contributed by atoms with E-state index < -0.39 is 9.84 Å². The Kier molecular flexibility index (Phi) is 6.77. The first-order valence-electron chi connectivity index (χ1n) is 7.52. The number of hydrogen-bond donors (Lipinski definition) is 1. The molecule has 114 valence electrons. The fourth-order valence-corrected chi connectivity index (χ4v) is 3.38. The first kappa shape index (κ1) is 16.9. The fraction of sp³-hybridized carbons (Fsp3) is 1.00. The van der Waals surface area contributed by atoms with Gasteiger partial charge in [-0.05, 0) is 12.3 Å². The third kappa shape index (κ3) is 5.79. The second kappa shape index (κ2) is 7.60. The quantitative estimate of drug-likeness (QED) is 0.772. The summed E-state index contributed by atoms with van der Waals surface area (Å²) in [5.74, 6) is 0.883. The van der Waals surface area contributed by atoms with E-state index >= 15 is 0 Å². The Morgan fingerprint density at radius 2 is 2.05 bits per heavy atom. The van der Waals surface area contributed by atoms with E-state index in [9.17, 15) is 8.42 Å². The smallest absolute Gasteiger partial charge is 0.148 e. The molecule has 1 saturated heterocycles. The van der Waals surface area contributed by atoms with Gasteiger partial charge in [-0.25, -0.2) is 8.42 Å². The maximum atomic E-state index is 11.4. The van der Waals surface area contributed by atoms with Crippen LogP contribution in [0.1, 0.15) is 40.0 Å². The van der Waals surface area contributed by atoms with Gasteiger partial charge in [-0.15, -0.1) is 0 Å². The number of nitrogens with zero attached hydrogens (tertiary/aromatic N) is 1. The first-order valence-corrected chi connectivity index (χ1v) is 9.58. The van der Waals surface area contributed by atoms with Crippen LogP contribution in [-0.2, 0) is 9.84 Å². The molecule has 5 heteroatoms. The van der Waals surface area contributed by atoms with Crippen LogP contribution in [-0.4, -0.2) is 57.0 Å². The second-order valence-electron chi connectivity index (χ2n) is 5.97. The van der Waals surface area contributed by atoms with E-state index in [0.717, 1.165) is 19.5 Å². The Balaban J connectivity index is 2.64. The van der Waals surface area contributed by atoms with Gasteiger partial charge < -0.3 is 5.32 Å². The third-order valence-electron chi connectivity index (χ3n) is 4.23. The average molecular weight is 290 g/mol. The maximum Gasteiger partial charge on any atom is 0.148 e. The molecule has 0 saturated carbocycles. The highest BCUT2D eigenvalue weighted by Gasteiger charge is 2.30. The predicted molar refractivity (Wildman–Crippen MR) is 81.2 cm³/mol. The summed E-state index contributed by atoms with van der Waals surface area (Å²) >= 11 is 0. The van der Waals surface area contributed by atoms with Crippen molar-refractivity contribution in [2.45, 2.75) is 52.1 Å². The first-order chi connectivity index (χ1) is 8.87. The Bertz CT molecular complexity index is 356. The maximum absolute atomic E-state index is 11.4. The van der Waals surface area contributed by atoms with Crippen molar-refractivity contribution in [2.24, 2.45) is 5.92 Å². The lowest BCUT2D eigenvalue weighted by Gasteiger charge is -2.43. The van der Waals surface area contributed by atoms with Crippen LogP contribution in [0.2, 0.25) is 0 Å². The zero-order valence-corrected chi connectivity index (χ0v) is 13.7. The van der Waals surface area contributed by atoms with Crippen LogP contribution in [0.3, 0.4) is 0 Å². The number of sulfone groups is 1. The van der Waals surface area contributed by atoms with Gasteiger partial charge in [0.2, 0.25) is 0 Å². The molecule has 1 rings (SSSR count). The van der Waals surface area contributed by atoms with E-state index in [-0.39, 0.29) is 5.75 Å². The van der Waals surface area contributed by atoms with E-state index in [1.54, 1.807) is 0 Å². The van der Waals surface area contributed by atoms with E-state index in [1.807, 2.05) is 0 Å². The van der Waals surface area contributed by atoms with Crippen molar-refractivity contribution in [3.63, 3.8) is 0 Å². The summed E-state index contributed by atoms with van der Waals surface area (Å²) in [6.07, 6.45) is 4.81. The predicted octanol–water partition coefficient (Wildman–Crippen LogP) is 1.52. The molecule has 4 nitrogen and oxygen atoms in total. The van der Waals surface area contributed by atoms with E-state index in [2.05, 4.69) is 31.0 Å². The van der Waals surface area contributed by atoms with Gasteiger partial charge in [-0.2, -0.15) is 0 Å². The Hall–Kier alpha value is -0.130. The molecule has 0 bridgehead atoms. The van der Waals surface area contributed by atoms with E-state index in [1.165, 1.54) is 19.1 Å². The Labute approximate surface area is 118 Å². The van der Waals surface area contributed by atoms with Crippen LogP contribution in [0.4, 0.5) is 0 Å². The summed E-state index contributed by atoms with van der Waals surface area (Å²) in [5, 5.41) is 3.62. The van der Waals surface area contributed by atoms with Gasteiger partial charge in [0.25, 0.3) is 0 Å². The van der Waals surface area contributed by atoms with E-state index in [4.69, 9.17) is 0 Å². The summed E-state index contributed by atoms with van der Waals surface area (Å²) in [4.78, 5) is 2.39. The molecule has 1 fully saturated rings. The summed E-state index contributed by atoms with van der Waals surface area (Å²) in [6, 6.07) is 0.990. The molecule has 0 spiro atoms. The molecule has 1 N–H and O–H groups in total. The van der Waals surface area contributed by atoms with Gasteiger partial charge in [0.15, 0.2) is 0 Å². The number of piperazine rings is 1. The third-order valence-corrected chi connectivity index (χ3v) is 5.15. The Morgan fingerprint density at radius 1 is 1.37 bits per heavy atom. The minimum Gasteiger partial charge on any atom is -0.311 e. The molecule has 19 heavy (non-hydrogen) atoms. The zero-order chi connectivity index (χ0) is 14.5. The van der Waals surface area contributed by atoms with Crippen molar-refractivity contribution in [1.82, 2.24) is 10.2 Å². The number of rotatable bonds is 7. The molecule has 1 heterocycles. The summed E-state index contributed by atoms with van der Waals surface area (Å²) in [7, 11) is -2.87. The fourth-order valence-electron chi connectivity index (χ4n) is 2.81. The molecule has 0 amide bonds. The van der Waals surface area contributed by atoms with Crippen LogP contribution in [0.15, 0.2) is 0 Å². The van der Waals surface area contributed by atoms with Crippen molar-refractivity contribution in [3.8, 4) is 0 Å². The lowest BCUT2D eigenvalue weighted by atomic mass is 9.94. The van der Waals surface area contributed by atoms with Crippen molar-refractivity contribution >= 4 is 9.84 Å². The summed E-state index contributed by atoms with van der Waals surface area (Å²) < 4.78 is 22.8. The molecule has 0 aromatic rings. The minimum absolute atomic E-state index is 0.277. The average Bonchev–Trinajstić information content (AvgIpc) is 2.35. The van der Waals surface area contributed by atoms with Crippen molar-refractivity contribution in [3.05, 3.63) is 0 Å². The van der Waals surface area contributed by atoms with Gasteiger partial charge in [-0.1, -0.05) is 33.6 Å². The molecular formula is C14H30N2O2S. The summed E-state index contributed by atoms with van der Waals surface area (Å²) in [6.45, 7) is 9.32. The van der Waals surface area contributed by atoms with Crippen molar-refractivity contribution < 1.29 is 8.42 Å². The highest BCUT2D eigenvalue weighted by molar-refractivity contribution is 7.90. The lowest BCUT2D eigenvalue weighted by molar-refractivity contribution is 0.0952. The molecule has 0 aliphatic carbocycles. The van der Waals surface area contributed by atoms with Crippen LogP contribution < -0.4 is 5.32 Å². The van der Waals surface area contributed by atoms with Crippen LogP contribution in [0, 0.1) is 5.92 Å². The van der Waals surface area contributed by atoms with Gasteiger partial charge in [0.1, 0.15) is 9.84 Å². The molecule has 1 aliphatic rings. The monoisotopic (exact) mass is 290 g/mol. The van der Waals surface area contributed by atoms with Crippen LogP contribution >= 0.6 is 0 Å². The molecule has 0 radical (unpaired) electrons. The van der Waals surface area contributed by atoms with Gasteiger partial charge in [0.05, 0.1) is 5.75 Å². The second-order valence-corrected chi connectivity index (χ2v) is 8.23. The molecule has 0 aromatic heterocycles. The SMILES string of the molecule is CCCC1CN(CCS(C)(=O)=O)C(C(C)CC)CN1. The zero-order valence-electron chi connectivity index (χ0n) is 12.9. The lowest BCUT2D eigenvalue weighted by Crippen LogP contribution is -2.59. The molecule has 0 aromatic carbocycles. The topological polar surface area (TPSA) is 49.4 Å². The highest BCUT2D eigenvalue weighted by atomic mass is 32.2. The number of hydrogen-bond acceptors (Lipinski definition) is 4. The van der Waals surface area contributed by atoms with Crippen LogP contribution in [0.25, 0.3) is 0 Å². The molecule has 1 aliphatic heterocycles. The Morgan fingerprint density at radius 3 is 2.58 bits per heavy atom. The van der Waals surface area contributed by atoms with Crippen molar-refractivity contribution in [1.29, 1.82) is 0 Å².